The van der Waals surface area contributed by atoms with Crippen LogP contribution in [0.1, 0.15) is 32.4 Å². The molecule has 1 fully saturated rings. The zero-order valence-electron chi connectivity index (χ0n) is 13.4. The number of carbonyl (C=O) groups is 1. The highest BCUT2D eigenvalue weighted by molar-refractivity contribution is 5.90. The molecule has 1 aliphatic rings. The van der Waals surface area contributed by atoms with E-state index >= 15 is 0 Å². The summed E-state index contributed by atoms with van der Waals surface area (Å²) >= 11 is 0. The van der Waals surface area contributed by atoms with E-state index in [1.165, 1.54) is 0 Å². The van der Waals surface area contributed by atoms with E-state index in [1.54, 1.807) is 18.9 Å². The van der Waals surface area contributed by atoms with E-state index < -0.39 is 11.6 Å². The molecule has 1 aliphatic heterocycles. The summed E-state index contributed by atoms with van der Waals surface area (Å²) in [4.78, 5) is 16.3. The molecule has 1 atom stereocenters. The summed E-state index contributed by atoms with van der Waals surface area (Å²) in [5.41, 5.74) is 0.935. The molecule has 0 aliphatic carbocycles. The highest BCUT2D eigenvalue weighted by atomic mass is 16.5. The molecule has 0 bridgehead atoms. The van der Waals surface area contributed by atoms with E-state index in [1.807, 2.05) is 39.1 Å². The van der Waals surface area contributed by atoms with Gasteiger partial charge in [-0.1, -0.05) is 6.07 Å². The van der Waals surface area contributed by atoms with Crippen LogP contribution >= 0.6 is 0 Å². The Kier molecular flexibility index (Phi) is 4.14. The van der Waals surface area contributed by atoms with E-state index in [9.17, 15) is 9.90 Å². The standard InChI is InChI=1S/C16H24N2O3/c1-11(19)14-12(7-6-8-13(14)21-5)18-10-9-17(4)15(20)16(18,2)3/h6-8,11,19H,9-10H2,1-5H3. The number of hydrogen-bond acceptors (Lipinski definition) is 4. The molecule has 1 saturated heterocycles. The number of methoxy groups -OCH3 is 1. The van der Waals surface area contributed by atoms with Crippen LogP contribution in [0.15, 0.2) is 18.2 Å². The Morgan fingerprint density at radius 2 is 2.00 bits per heavy atom. The van der Waals surface area contributed by atoms with Crippen molar-refractivity contribution in [1.29, 1.82) is 0 Å². The van der Waals surface area contributed by atoms with Gasteiger partial charge in [-0.15, -0.1) is 0 Å². The summed E-state index contributed by atoms with van der Waals surface area (Å²) in [7, 11) is 3.41. The molecule has 0 spiro atoms. The lowest BCUT2D eigenvalue weighted by atomic mass is 9.94. The average Bonchev–Trinajstić information content (AvgIpc) is 2.44. The highest BCUT2D eigenvalue weighted by Gasteiger charge is 2.41. The number of ether oxygens (including phenoxy) is 1. The summed E-state index contributed by atoms with van der Waals surface area (Å²) in [5.74, 6) is 0.720. The number of nitrogens with zero attached hydrogens (tertiary/aromatic N) is 2. The van der Waals surface area contributed by atoms with Crippen LogP contribution in [0.3, 0.4) is 0 Å². The minimum Gasteiger partial charge on any atom is -0.496 e. The minimum atomic E-state index is -0.665. The van der Waals surface area contributed by atoms with E-state index in [2.05, 4.69) is 4.90 Å². The van der Waals surface area contributed by atoms with Crippen LogP contribution in [0.25, 0.3) is 0 Å². The molecular weight excluding hydrogens is 268 g/mol. The summed E-state index contributed by atoms with van der Waals surface area (Å²) in [6.45, 7) is 6.93. The number of anilines is 1. The second kappa shape index (κ2) is 5.56. The molecule has 1 aromatic rings. The van der Waals surface area contributed by atoms with Gasteiger partial charge in [0.05, 0.1) is 13.2 Å². The van der Waals surface area contributed by atoms with Crippen molar-refractivity contribution in [3.8, 4) is 5.75 Å². The average molecular weight is 292 g/mol. The van der Waals surface area contributed by atoms with Gasteiger partial charge >= 0.3 is 0 Å². The summed E-state index contributed by atoms with van der Waals surface area (Å²) < 4.78 is 5.37. The number of aliphatic hydroxyl groups excluding tert-OH is 1. The summed E-state index contributed by atoms with van der Waals surface area (Å²) in [6, 6.07) is 5.65. The van der Waals surface area contributed by atoms with E-state index in [0.29, 0.717) is 12.3 Å². The van der Waals surface area contributed by atoms with Crippen LogP contribution in [0.5, 0.6) is 5.75 Å². The first-order valence-electron chi connectivity index (χ1n) is 7.19. The van der Waals surface area contributed by atoms with Gasteiger partial charge in [-0.3, -0.25) is 4.79 Å². The van der Waals surface area contributed by atoms with Gasteiger partial charge in [0.25, 0.3) is 0 Å². The minimum absolute atomic E-state index is 0.0770. The molecule has 0 radical (unpaired) electrons. The highest BCUT2D eigenvalue weighted by Crippen LogP contribution is 2.38. The molecule has 0 aromatic heterocycles. The zero-order chi connectivity index (χ0) is 15.8. The molecule has 1 unspecified atom stereocenters. The Morgan fingerprint density at radius 3 is 2.57 bits per heavy atom. The number of piperazine rings is 1. The van der Waals surface area contributed by atoms with E-state index in [0.717, 1.165) is 17.8 Å². The van der Waals surface area contributed by atoms with Crippen molar-refractivity contribution in [2.24, 2.45) is 0 Å². The fourth-order valence-electron chi connectivity index (χ4n) is 3.00. The van der Waals surface area contributed by atoms with Gasteiger partial charge in [0, 0.05) is 31.4 Å². The summed E-state index contributed by atoms with van der Waals surface area (Å²) in [5, 5.41) is 10.1. The first kappa shape index (κ1) is 15.6. The first-order valence-corrected chi connectivity index (χ1v) is 7.19. The Bertz CT molecular complexity index is 540. The Balaban J connectivity index is 2.54. The molecule has 0 saturated carbocycles. The van der Waals surface area contributed by atoms with Crippen molar-refractivity contribution in [3.05, 3.63) is 23.8 Å². The van der Waals surface area contributed by atoms with Gasteiger partial charge in [0.2, 0.25) is 5.91 Å². The number of amides is 1. The number of rotatable bonds is 3. The lowest BCUT2D eigenvalue weighted by molar-refractivity contribution is -0.136. The van der Waals surface area contributed by atoms with Gasteiger partial charge in [-0.2, -0.15) is 0 Å². The first-order chi connectivity index (χ1) is 9.80. The van der Waals surface area contributed by atoms with Crippen molar-refractivity contribution in [2.45, 2.75) is 32.4 Å². The number of likely N-dealkylation sites (N-methyl/N-ethyl adjacent to an activating group) is 1. The predicted molar refractivity (Wildman–Crippen MR) is 82.7 cm³/mol. The van der Waals surface area contributed by atoms with Crippen molar-refractivity contribution in [3.63, 3.8) is 0 Å². The largest absolute Gasteiger partial charge is 0.496 e. The Hall–Kier alpha value is -1.75. The maximum atomic E-state index is 12.5. The molecular formula is C16H24N2O3. The third-order valence-corrected chi connectivity index (χ3v) is 4.18. The van der Waals surface area contributed by atoms with Gasteiger partial charge in [0.1, 0.15) is 11.3 Å². The van der Waals surface area contributed by atoms with Gasteiger partial charge in [0.15, 0.2) is 0 Å². The lowest BCUT2D eigenvalue weighted by Gasteiger charge is -2.47. The van der Waals surface area contributed by atoms with Crippen LogP contribution in [0.2, 0.25) is 0 Å². The Labute approximate surface area is 126 Å². The van der Waals surface area contributed by atoms with Gasteiger partial charge in [-0.25, -0.2) is 0 Å². The number of carbonyl (C=O) groups excluding carboxylic acids is 1. The van der Waals surface area contributed by atoms with Crippen molar-refractivity contribution < 1.29 is 14.6 Å². The topological polar surface area (TPSA) is 53.0 Å². The lowest BCUT2D eigenvalue weighted by Crippen LogP contribution is -2.62. The molecule has 21 heavy (non-hydrogen) atoms. The molecule has 2 rings (SSSR count). The maximum Gasteiger partial charge on any atom is 0.247 e. The van der Waals surface area contributed by atoms with Crippen LogP contribution < -0.4 is 9.64 Å². The SMILES string of the molecule is COc1cccc(N2CCN(C)C(=O)C2(C)C)c1C(C)O. The molecule has 116 valence electrons. The fourth-order valence-corrected chi connectivity index (χ4v) is 3.00. The van der Waals surface area contributed by atoms with E-state index in [-0.39, 0.29) is 5.91 Å². The van der Waals surface area contributed by atoms with Crippen LogP contribution in [-0.2, 0) is 4.79 Å². The smallest absolute Gasteiger partial charge is 0.247 e. The van der Waals surface area contributed by atoms with Crippen molar-refractivity contribution in [2.75, 3.05) is 32.1 Å². The quantitative estimate of drug-likeness (QED) is 0.923. The van der Waals surface area contributed by atoms with Crippen molar-refractivity contribution >= 4 is 11.6 Å². The second-order valence-electron chi connectivity index (χ2n) is 6.01. The number of hydrogen-bond donors (Lipinski definition) is 1. The van der Waals surface area contributed by atoms with Gasteiger partial charge in [-0.05, 0) is 32.9 Å². The molecule has 5 heteroatoms. The third-order valence-electron chi connectivity index (χ3n) is 4.18. The maximum absolute atomic E-state index is 12.5. The normalized spacial score (nSPS) is 19.6. The third kappa shape index (κ3) is 2.58. The predicted octanol–water partition coefficient (Wildman–Crippen LogP) is 1.81. The van der Waals surface area contributed by atoms with Gasteiger partial charge < -0.3 is 19.6 Å². The molecule has 1 heterocycles. The van der Waals surface area contributed by atoms with Crippen molar-refractivity contribution in [1.82, 2.24) is 4.90 Å². The second-order valence-corrected chi connectivity index (χ2v) is 6.01. The zero-order valence-corrected chi connectivity index (χ0v) is 13.4. The number of aliphatic hydroxyl groups is 1. The van der Waals surface area contributed by atoms with E-state index in [4.69, 9.17) is 4.74 Å². The fraction of sp³-hybridized carbons (Fsp3) is 0.562. The van der Waals surface area contributed by atoms with Crippen LogP contribution in [0.4, 0.5) is 5.69 Å². The molecule has 1 aromatic carbocycles. The molecule has 1 N–H and O–H groups in total. The Morgan fingerprint density at radius 1 is 1.33 bits per heavy atom. The van der Waals surface area contributed by atoms with Crippen LogP contribution in [0, 0.1) is 0 Å². The summed E-state index contributed by atoms with van der Waals surface area (Å²) in [6.07, 6.45) is -0.665. The molecule has 5 nitrogen and oxygen atoms in total. The monoisotopic (exact) mass is 292 g/mol. The number of benzene rings is 1. The molecule has 1 amide bonds. The van der Waals surface area contributed by atoms with Crippen LogP contribution in [-0.4, -0.2) is 48.7 Å².